The molecule has 0 fully saturated rings. The first kappa shape index (κ1) is 13.1. The van der Waals surface area contributed by atoms with Gasteiger partial charge in [0.1, 0.15) is 5.82 Å². The maximum atomic E-state index is 13.8. The van der Waals surface area contributed by atoms with Crippen molar-refractivity contribution in [1.82, 2.24) is 0 Å². The maximum absolute atomic E-state index is 13.8. The molecule has 2 rings (SSSR count). The summed E-state index contributed by atoms with van der Waals surface area (Å²) in [6.45, 7) is 0.418. The van der Waals surface area contributed by atoms with Crippen molar-refractivity contribution in [1.29, 1.82) is 0 Å². The zero-order chi connectivity index (χ0) is 13.1. The zero-order valence-corrected chi connectivity index (χ0v) is 11.6. The highest BCUT2D eigenvalue weighted by Gasteiger charge is 2.12. The van der Waals surface area contributed by atoms with E-state index in [-0.39, 0.29) is 5.82 Å². The molecule has 2 aromatic rings. The van der Waals surface area contributed by atoms with E-state index < -0.39 is 0 Å². The normalized spacial score (nSPS) is 10.4. The number of halogens is 2. The second-order valence-electron chi connectivity index (χ2n) is 3.99. The van der Waals surface area contributed by atoms with Crippen LogP contribution in [0.15, 0.2) is 46.9 Å². The van der Waals surface area contributed by atoms with Crippen LogP contribution < -0.4 is 10.6 Å². The van der Waals surface area contributed by atoms with E-state index in [0.29, 0.717) is 12.2 Å². The summed E-state index contributed by atoms with van der Waals surface area (Å²) in [7, 11) is 1.83. The largest absolute Gasteiger partial charge is 0.342 e. The van der Waals surface area contributed by atoms with Gasteiger partial charge in [0, 0.05) is 23.8 Å². The van der Waals surface area contributed by atoms with Gasteiger partial charge in [0.2, 0.25) is 0 Å². The lowest BCUT2D eigenvalue weighted by atomic mass is 10.1. The van der Waals surface area contributed by atoms with Crippen molar-refractivity contribution in [3.63, 3.8) is 0 Å². The third-order valence-electron chi connectivity index (χ3n) is 2.84. The molecule has 0 aromatic heterocycles. The monoisotopic (exact) mass is 308 g/mol. The molecule has 94 valence electrons. The van der Waals surface area contributed by atoms with Crippen molar-refractivity contribution in [3.05, 3.63) is 58.3 Å². The van der Waals surface area contributed by atoms with Crippen LogP contribution >= 0.6 is 15.9 Å². The second-order valence-corrected chi connectivity index (χ2v) is 4.90. The molecule has 0 radical (unpaired) electrons. The summed E-state index contributed by atoms with van der Waals surface area (Å²) in [5.41, 5.74) is 8.13. The highest BCUT2D eigenvalue weighted by Crippen LogP contribution is 2.31. The number of hydrogen-bond donors (Lipinski definition) is 1. The first-order valence-corrected chi connectivity index (χ1v) is 6.39. The minimum Gasteiger partial charge on any atom is -0.342 e. The van der Waals surface area contributed by atoms with Crippen LogP contribution in [0.5, 0.6) is 0 Å². The van der Waals surface area contributed by atoms with Crippen LogP contribution in [0.4, 0.5) is 15.8 Å². The molecule has 0 bridgehead atoms. The van der Waals surface area contributed by atoms with Crippen LogP contribution in [0, 0.1) is 5.82 Å². The smallest absolute Gasteiger partial charge is 0.146 e. The fourth-order valence-electron chi connectivity index (χ4n) is 1.88. The van der Waals surface area contributed by atoms with Crippen LogP contribution in [-0.4, -0.2) is 7.05 Å². The van der Waals surface area contributed by atoms with Gasteiger partial charge in [0.15, 0.2) is 0 Å². The Hall–Kier alpha value is -1.39. The molecule has 0 unspecified atom stereocenters. The van der Waals surface area contributed by atoms with Gasteiger partial charge >= 0.3 is 0 Å². The maximum Gasteiger partial charge on any atom is 0.146 e. The van der Waals surface area contributed by atoms with Crippen LogP contribution in [0.25, 0.3) is 0 Å². The number of benzene rings is 2. The molecule has 0 aliphatic heterocycles. The lowest BCUT2D eigenvalue weighted by molar-refractivity contribution is 0.627. The van der Waals surface area contributed by atoms with E-state index in [1.807, 2.05) is 36.2 Å². The Morgan fingerprint density at radius 1 is 1.17 bits per heavy atom. The molecule has 0 saturated carbocycles. The molecule has 0 aliphatic carbocycles. The first-order chi connectivity index (χ1) is 8.63. The Balaban J connectivity index is 2.48. The van der Waals surface area contributed by atoms with Crippen molar-refractivity contribution in [2.24, 2.45) is 5.73 Å². The Morgan fingerprint density at radius 2 is 1.89 bits per heavy atom. The van der Waals surface area contributed by atoms with E-state index in [0.717, 1.165) is 15.7 Å². The molecule has 4 heteroatoms. The number of para-hydroxylation sites is 1. The van der Waals surface area contributed by atoms with Crippen LogP contribution in [0.3, 0.4) is 0 Å². The van der Waals surface area contributed by atoms with Gasteiger partial charge in [-0.2, -0.15) is 0 Å². The van der Waals surface area contributed by atoms with Crippen molar-refractivity contribution >= 4 is 27.3 Å². The van der Waals surface area contributed by atoms with E-state index in [4.69, 9.17) is 5.73 Å². The third-order valence-corrected chi connectivity index (χ3v) is 3.34. The highest BCUT2D eigenvalue weighted by molar-refractivity contribution is 9.10. The van der Waals surface area contributed by atoms with Gasteiger partial charge < -0.3 is 10.6 Å². The molecule has 18 heavy (non-hydrogen) atoms. The van der Waals surface area contributed by atoms with Gasteiger partial charge in [-0.15, -0.1) is 0 Å². The molecule has 0 atom stereocenters. The Kier molecular flexibility index (Phi) is 3.99. The zero-order valence-electron chi connectivity index (χ0n) is 10.0. The molecule has 2 aromatic carbocycles. The average Bonchev–Trinajstić information content (AvgIpc) is 2.38. The first-order valence-electron chi connectivity index (χ1n) is 5.60. The summed E-state index contributed by atoms with van der Waals surface area (Å²) >= 11 is 3.42. The predicted molar refractivity (Wildman–Crippen MR) is 76.5 cm³/mol. The molecular weight excluding hydrogens is 295 g/mol. The summed E-state index contributed by atoms with van der Waals surface area (Å²) in [4.78, 5) is 1.81. The minimum absolute atomic E-state index is 0.247. The Morgan fingerprint density at radius 3 is 2.56 bits per heavy atom. The summed E-state index contributed by atoms with van der Waals surface area (Å²) in [5.74, 6) is -0.247. The summed E-state index contributed by atoms with van der Waals surface area (Å²) in [6, 6.07) is 12.5. The van der Waals surface area contributed by atoms with Crippen molar-refractivity contribution in [2.45, 2.75) is 6.54 Å². The fourth-order valence-corrected chi connectivity index (χ4v) is 2.22. The van der Waals surface area contributed by atoms with Crippen LogP contribution in [0.1, 0.15) is 5.56 Å². The van der Waals surface area contributed by atoms with Crippen molar-refractivity contribution in [3.8, 4) is 0 Å². The third kappa shape index (κ3) is 2.54. The van der Waals surface area contributed by atoms with E-state index in [1.54, 1.807) is 12.1 Å². The second kappa shape index (κ2) is 5.50. The van der Waals surface area contributed by atoms with Crippen molar-refractivity contribution in [2.75, 3.05) is 11.9 Å². The summed E-state index contributed by atoms with van der Waals surface area (Å²) in [6.07, 6.45) is 0. The van der Waals surface area contributed by atoms with E-state index in [2.05, 4.69) is 15.9 Å². The standard InChI is InChI=1S/C14H14BrFN2/c1-18(13-5-3-2-4-12(13)16)14-8-11(15)7-6-10(14)9-17/h2-8H,9,17H2,1H3. The quantitative estimate of drug-likeness (QED) is 0.934. The topological polar surface area (TPSA) is 29.3 Å². The average molecular weight is 309 g/mol. The molecule has 2 N–H and O–H groups in total. The number of nitrogens with two attached hydrogens (primary N) is 1. The molecule has 0 spiro atoms. The SMILES string of the molecule is CN(c1ccccc1F)c1cc(Br)ccc1CN. The van der Waals surface area contributed by atoms with Gasteiger partial charge in [-0.3, -0.25) is 0 Å². The van der Waals surface area contributed by atoms with E-state index in [1.165, 1.54) is 6.07 Å². The highest BCUT2D eigenvalue weighted by atomic mass is 79.9. The minimum atomic E-state index is -0.247. The summed E-state index contributed by atoms with van der Waals surface area (Å²) in [5, 5.41) is 0. The van der Waals surface area contributed by atoms with Gasteiger partial charge in [-0.05, 0) is 29.8 Å². The lowest BCUT2D eigenvalue weighted by Crippen LogP contribution is -2.14. The Labute approximate surface area is 114 Å². The molecule has 0 aliphatic rings. The van der Waals surface area contributed by atoms with Crippen molar-refractivity contribution < 1.29 is 4.39 Å². The Bertz CT molecular complexity index is 557. The number of anilines is 2. The van der Waals surface area contributed by atoms with Gasteiger partial charge in [0.05, 0.1) is 5.69 Å². The van der Waals surface area contributed by atoms with E-state index >= 15 is 0 Å². The molecule has 2 nitrogen and oxygen atoms in total. The molecule has 0 heterocycles. The predicted octanol–water partition coefficient (Wildman–Crippen LogP) is 3.81. The lowest BCUT2D eigenvalue weighted by Gasteiger charge is -2.23. The van der Waals surface area contributed by atoms with Crippen LogP contribution in [-0.2, 0) is 6.54 Å². The van der Waals surface area contributed by atoms with Gasteiger partial charge in [0.25, 0.3) is 0 Å². The van der Waals surface area contributed by atoms with Gasteiger partial charge in [-0.1, -0.05) is 34.1 Å². The fraction of sp³-hybridized carbons (Fsp3) is 0.143. The van der Waals surface area contributed by atoms with Crippen LogP contribution in [0.2, 0.25) is 0 Å². The number of hydrogen-bond acceptors (Lipinski definition) is 2. The number of nitrogens with zero attached hydrogens (tertiary/aromatic N) is 1. The molecular formula is C14H14BrFN2. The number of rotatable bonds is 3. The molecule has 0 saturated heterocycles. The van der Waals surface area contributed by atoms with E-state index in [9.17, 15) is 4.39 Å². The summed E-state index contributed by atoms with van der Waals surface area (Å²) < 4.78 is 14.7. The van der Waals surface area contributed by atoms with Gasteiger partial charge in [-0.25, -0.2) is 4.39 Å². The molecule has 0 amide bonds.